The number of carbonyl (C=O) groups is 1. The predicted molar refractivity (Wildman–Crippen MR) is 87.5 cm³/mol. The van der Waals surface area contributed by atoms with Gasteiger partial charge in [-0.15, -0.1) is 5.10 Å². The van der Waals surface area contributed by atoms with Gasteiger partial charge >= 0.3 is 0 Å². The maximum absolute atomic E-state index is 11.1. The summed E-state index contributed by atoms with van der Waals surface area (Å²) in [5.41, 5.74) is 7.34. The number of nitrogens with zero attached hydrogens (tertiary/aromatic N) is 3. The minimum absolute atomic E-state index is 0.282. The molecule has 3 aromatic heterocycles. The van der Waals surface area contributed by atoms with Gasteiger partial charge in [0, 0.05) is 11.5 Å². The lowest BCUT2D eigenvalue weighted by Gasteiger charge is -2.10. The Balaban J connectivity index is 1.79. The van der Waals surface area contributed by atoms with Gasteiger partial charge in [-0.05, 0) is 25.1 Å². The van der Waals surface area contributed by atoms with Crippen molar-refractivity contribution >= 4 is 22.5 Å². The van der Waals surface area contributed by atoms with Gasteiger partial charge in [0.15, 0.2) is 17.5 Å². The molecule has 0 radical (unpaired) electrons. The third-order valence-corrected chi connectivity index (χ3v) is 3.71. The molecule has 7 nitrogen and oxygen atoms in total. The molecule has 1 amide bonds. The number of furan rings is 1. The van der Waals surface area contributed by atoms with E-state index in [0.717, 1.165) is 11.0 Å². The van der Waals surface area contributed by atoms with E-state index in [1.54, 1.807) is 29.8 Å². The molecule has 0 saturated carbocycles. The van der Waals surface area contributed by atoms with Crippen LogP contribution in [0.5, 0.6) is 5.88 Å². The van der Waals surface area contributed by atoms with Crippen molar-refractivity contribution < 1.29 is 13.9 Å². The van der Waals surface area contributed by atoms with Crippen LogP contribution in [0.3, 0.4) is 0 Å². The number of imidazole rings is 1. The average molecular weight is 322 g/mol. The molecule has 4 aromatic rings. The summed E-state index contributed by atoms with van der Waals surface area (Å²) in [6, 6.07) is 13.1. The molecular weight excluding hydrogens is 308 g/mol. The van der Waals surface area contributed by atoms with Gasteiger partial charge < -0.3 is 14.9 Å². The minimum atomic E-state index is -0.770. The van der Waals surface area contributed by atoms with Crippen LogP contribution in [0, 0.1) is 0 Å². The molecule has 3 heterocycles. The van der Waals surface area contributed by atoms with Crippen molar-refractivity contribution in [3.63, 3.8) is 0 Å². The molecular formula is C17H14N4O3. The zero-order valence-electron chi connectivity index (χ0n) is 12.8. The number of ether oxygens (including phenoxy) is 1. The van der Waals surface area contributed by atoms with E-state index in [2.05, 4.69) is 10.1 Å². The number of aromatic nitrogens is 3. The van der Waals surface area contributed by atoms with Crippen LogP contribution in [0.1, 0.15) is 6.92 Å². The highest BCUT2D eigenvalue weighted by molar-refractivity contribution is 5.82. The molecule has 4 rings (SSSR count). The standard InChI is InChI=1S/C17H14N4O3/c1-10(17(18)22)23-16-7-6-15-19-9-12(21(15)20-16)14-8-11-4-2-3-5-13(11)24-14/h2-10H,1H3,(H2,18,22). The number of nitrogens with two attached hydrogens (primary N) is 1. The highest BCUT2D eigenvalue weighted by atomic mass is 16.5. The first-order chi connectivity index (χ1) is 11.6. The lowest BCUT2D eigenvalue weighted by atomic mass is 10.2. The second kappa shape index (κ2) is 5.38. The van der Waals surface area contributed by atoms with Gasteiger partial charge in [0.1, 0.15) is 11.3 Å². The Labute approximate surface area is 136 Å². The van der Waals surface area contributed by atoms with Crippen molar-refractivity contribution in [2.45, 2.75) is 13.0 Å². The molecule has 0 fully saturated rings. The average Bonchev–Trinajstić information content (AvgIpc) is 3.17. The van der Waals surface area contributed by atoms with Gasteiger partial charge in [0.2, 0.25) is 5.88 Å². The van der Waals surface area contributed by atoms with Gasteiger partial charge in [0.25, 0.3) is 5.91 Å². The van der Waals surface area contributed by atoms with Gasteiger partial charge in [-0.1, -0.05) is 18.2 Å². The zero-order valence-corrected chi connectivity index (χ0v) is 12.8. The Morgan fingerprint density at radius 2 is 2.12 bits per heavy atom. The molecule has 2 N–H and O–H groups in total. The third kappa shape index (κ3) is 2.36. The topological polar surface area (TPSA) is 95.7 Å². The van der Waals surface area contributed by atoms with Crippen LogP contribution in [0.25, 0.3) is 28.1 Å². The summed E-state index contributed by atoms with van der Waals surface area (Å²) in [6.07, 6.45) is 0.912. The van der Waals surface area contributed by atoms with Crippen LogP contribution in [-0.2, 0) is 4.79 Å². The lowest BCUT2D eigenvalue weighted by Crippen LogP contribution is -2.31. The van der Waals surface area contributed by atoms with Crippen LogP contribution >= 0.6 is 0 Å². The second-order valence-corrected chi connectivity index (χ2v) is 5.40. The van der Waals surface area contributed by atoms with Gasteiger partial charge in [-0.3, -0.25) is 4.79 Å². The minimum Gasteiger partial charge on any atom is -0.464 e. The van der Waals surface area contributed by atoms with Crippen molar-refractivity contribution in [3.05, 3.63) is 48.7 Å². The fourth-order valence-electron chi connectivity index (χ4n) is 2.43. The highest BCUT2D eigenvalue weighted by Crippen LogP contribution is 2.28. The highest BCUT2D eigenvalue weighted by Gasteiger charge is 2.15. The van der Waals surface area contributed by atoms with Crippen molar-refractivity contribution in [1.29, 1.82) is 0 Å². The van der Waals surface area contributed by atoms with Crippen LogP contribution in [0.2, 0.25) is 0 Å². The van der Waals surface area contributed by atoms with Crippen LogP contribution < -0.4 is 10.5 Å². The lowest BCUT2D eigenvalue weighted by molar-refractivity contribution is -0.124. The van der Waals surface area contributed by atoms with Crippen molar-refractivity contribution in [1.82, 2.24) is 14.6 Å². The SMILES string of the molecule is CC(Oc1ccc2ncc(-c3cc4ccccc4o3)n2n1)C(N)=O. The molecule has 1 unspecified atom stereocenters. The Bertz CT molecular complexity index is 1020. The normalized spacial score (nSPS) is 12.5. The molecule has 7 heteroatoms. The summed E-state index contributed by atoms with van der Waals surface area (Å²) in [4.78, 5) is 15.5. The Hall–Kier alpha value is -3.35. The number of primary amides is 1. The number of benzene rings is 1. The first-order valence-electron chi connectivity index (χ1n) is 7.41. The largest absolute Gasteiger partial charge is 0.464 e. The molecule has 0 aliphatic carbocycles. The van der Waals surface area contributed by atoms with E-state index in [1.807, 2.05) is 30.3 Å². The molecule has 1 aromatic carbocycles. The summed E-state index contributed by atoms with van der Waals surface area (Å²) >= 11 is 0. The predicted octanol–water partition coefficient (Wildman–Crippen LogP) is 2.40. The Morgan fingerprint density at radius 3 is 2.92 bits per heavy atom. The van der Waals surface area contributed by atoms with Gasteiger partial charge in [-0.2, -0.15) is 0 Å². The van der Waals surface area contributed by atoms with Crippen molar-refractivity contribution in [3.8, 4) is 17.3 Å². The van der Waals surface area contributed by atoms with E-state index in [0.29, 0.717) is 17.1 Å². The van der Waals surface area contributed by atoms with E-state index < -0.39 is 12.0 Å². The number of amides is 1. The van der Waals surface area contributed by atoms with E-state index in [-0.39, 0.29) is 5.88 Å². The van der Waals surface area contributed by atoms with Crippen LogP contribution in [0.4, 0.5) is 0 Å². The number of rotatable bonds is 4. The molecule has 0 bridgehead atoms. The summed E-state index contributed by atoms with van der Waals surface area (Å²) in [7, 11) is 0. The Morgan fingerprint density at radius 1 is 1.29 bits per heavy atom. The summed E-state index contributed by atoms with van der Waals surface area (Å²) in [5, 5.41) is 5.37. The number of fused-ring (bicyclic) bond motifs is 2. The first-order valence-corrected chi connectivity index (χ1v) is 7.41. The number of hydrogen-bond acceptors (Lipinski definition) is 5. The quantitative estimate of drug-likeness (QED) is 0.622. The number of hydrogen-bond donors (Lipinski definition) is 1. The Kier molecular flexibility index (Phi) is 3.19. The first kappa shape index (κ1) is 14.3. The van der Waals surface area contributed by atoms with Crippen LogP contribution in [0.15, 0.2) is 53.1 Å². The van der Waals surface area contributed by atoms with Crippen LogP contribution in [-0.4, -0.2) is 26.6 Å². The van der Waals surface area contributed by atoms with E-state index in [1.165, 1.54) is 0 Å². The van der Waals surface area contributed by atoms with E-state index in [9.17, 15) is 4.79 Å². The van der Waals surface area contributed by atoms with E-state index >= 15 is 0 Å². The third-order valence-electron chi connectivity index (χ3n) is 3.71. The van der Waals surface area contributed by atoms with Crippen molar-refractivity contribution in [2.75, 3.05) is 0 Å². The summed E-state index contributed by atoms with van der Waals surface area (Å²) in [5.74, 6) is 0.375. The molecule has 24 heavy (non-hydrogen) atoms. The fraction of sp³-hybridized carbons (Fsp3) is 0.118. The second-order valence-electron chi connectivity index (χ2n) is 5.40. The molecule has 1 atom stereocenters. The van der Waals surface area contributed by atoms with E-state index in [4.69, 9.17) is 14.9 Å². The number of carbonyl (C=O) groups excluding carboxylic acids is 1. The summed E-state index contributed by atoms with van der Waals surface area (Å²) < 4.78 is 12.9. The molecule has 120 valence electrons. The number of para-hydroxylation sites is 1. The fourth-order valence-corrected chi connectivity index (χ4v) is 2.43. The van der Waals surface area contributed by atoms with Gasteiger partial charge in [-0.25, -0.2) is 9.50 Å². The molecule has 0 spiro atoms. The van der Waals surface area contributed by atoms with Crippen molar-refractivity contribution in [2.24, 2.45) is 5.73 Å². The maximum atomic E-state index is 11.1. The zero-order chi connectivity index (χ0) is 16.7. The van der Waals surface area contributed by atoms with Gasteiger partial charge in [0.05, 0.1) is 6.20 Å². The summed E-state index contributed by atoms with van der Waals surface area (Å²) in [6.45, 7) is 1.57. The molecule has 0 aliphatic rings. The molecule has 0 aliphatic heterocycles. The monoisotopic (exact) mass is 322 g/mol. The maximum Gasteiger partial charge on any atom is 0.258 e. The smallest absolute Gasteiger partial charge is 0.258 e. The molecule has 0 saturated heterocycles.